The second-order valence-corrected chi connectivity index (χ2v) is 5.81. The van der Waals surface area contributed by atoms with E-state index in [4.69, 9.17) is 10.5 Å². The molecule has 0 unspecified atom stereocenters. The molecular weight excluding hydrogens is 210 g/mol. The number of nitrogen functional groups attached to an aromatic ring is 1. The zero-order chi connectivity index (χ0) is 12.7. The van der Waals surface area contributed by atoms with E-state index in [0.717, 1.165) is 30.7 Å². The van der Waals surface area contributed by atoms with Gasteiger partial charge in [-0.25, -0.2) is 0 Å². The van der Waals surface area contributed by atoms with E-state index in [1.54, 1.807) is 0 Å². The van der Waals surface area contributed by atoms with Gasteiger partial charge in [0.1, 0.15) is 11.4 Å². The number of nitrogens with two attached hydrogens (primary N) is 1. The van der Waals surface area contributed by atoms with Gasteiger partial charge in [-0.15, -0.1) is 0 Å². The predicted octanol–water partition coefficient (Wildman–Crippen LogP) is 3.89. The number of anilines is 1. The van der Waals surface area contributed by atoms with Crippen LogP contribution in [0.1, 0.15) is 52.5 Å². The Morgan fingerprint density at radius 3 is 2.47 bits per heavy atom. The number of hydrogen-bond acceptors (Lipinski definition) is 2. The van der Waals surface area contributed by atoms with E-state index in [1.807, 2.05) is 12.1 Å². The maximum atomic E-state index is 6.25. The fraction of sp³-hybridized carbons (Fsp3) is 0.600. The fourth-order valence-corrected chi connectivity index (χ4v) is 2.98. The van der Waals surface area contributed by atoms with Gasteiger partial charge in [0, 0.05) is 11.3 Å². The van der Waals surface area contributed by atoms with Crippen LogP contribution in [0.3, 0.4) is 0 Å². The highest BCUT2D eigenvalue weighted by Gasteiger charge is 2.42. The van der Waals surface area contributed by atoms with Crippen LogP contribution in [0.15, 0.2) is 18.2 Å². The topological polar surface area (TPSA) is 35.2 Å². The number of rotatable bonds is 2. The van der Waals surface area contributed by atoms with E-state index in [2.05, 4.69) is 33.8 Å². The van der Waals surface area contributed by atoms with Crippen LogP contribution in [0.5, 0.6) is 5.75 Å². The van der Waals surface area contributed by atoms with E-state index < -0.39 is 0 Å². The van der Waals surface area contributed by atoms with Gasteiger partial charge in [-0.1, -0.05) is 27.7 Å². The van der Waals surface area contributed by atoms with Crippen molar-refractivity contribution in [2.75, 3.05) is 5.73 Å². The fourth-order valence-electron chi connectivity index (χ4n) is 2.98. The van der Waals surface area contributed by atoms with E-state index >= 15 is 0 Å². The van der Waals surface area contributed by atoms with Crippen molar-refractivity contribution in [3.63, 3.8) is 0 Å². The molecule has 0 aliphatic carbocycles. The summed E-state index contributed by atoms with van der Waals surface area (Å²) in [5.41, 5.74) is 8.07. The van der Waals surface area contributed by atoms with Crippen LogP contribution < -0.4 is 10.5 Å². The second kappa shape index (κ2) is 3.94. The summed E-state index contributed by atoms with van der Waals surface area (Å²) < 4.78 is 6.25. The van der Waals surface area contributed by atoms with Crippen LogP contribution in [0.4, 0.5) is 5.69 Å². The predicted molar refractivity (Wildman–Crippen MR) is 72.4 cm³/mol. The first kappa shape index (κ1) is 12.3. The Morgan fingerprint density at radius 2 is 1.88 bits per heavy atom. The first-order valence-corrected chi connectivity index (χ1v) is 6.51. The molecule has 1 aromatic rings. The molecule has 0 fully saturated rings. The summed E-state index contributed by atoms with van der Waals surface area (Å²) in [6, 6.07) is 6.01. The van der Waals surface area contributed by atoms with E-state index in [9.17, 15) is 0 Å². The van der Waals surface area contributed by atoms with Crippen molar-refractivity contribution in [3.05, 3.63) is 23.8 Å². The molecule has 94 valence electrons. The lowest BCUT2D eigenvalue weighted by molar-refractivity contribution is 0.0118. The minimum atomic E-state index is -0.00733. The van der Waals surface area contributed by atoms with Gasteiger partial charge in [-0.2, -0.15) is 0 Å². The third-order valence-corrected chi connectivity index (χ3v) is 4.11. The van der Waals surface area contributed by atoms with Gasteiger partial charge in [0.15, 0.2) is 0 Å². The molecule has 2 heteroatoms. The minimum absolute atomic E-state index is 0.00733. The van der Waals surface area contributed by atoms with Crippen molar-refractivity contribution in [1.82, 2.24) is 0 Å². The molecule has 1 aliphatic heterocycles. The summed E-state index contributed by atoms with van der Waals surface area (Å²) in [7, 11) is 0. The summed E-state index contributed by atoms with van der Waals surface area (Å²) in [4.78, 5) is 0. The lowest BCUT2D eigenvalue weighted by Crippen LogP contribution is -2.45. The Kier molecular flexibility index (Phi) is 2.84. The van der Waals surface area contributed by atoms with Gasteiger partial charge in [0.05, 0.1) is 0 Å². The zero-order valence-corrected chi connectivity index (χ0v) is 11.3. The van der Waals surface area contributed by atoms with Gasteiger partial charge < -0.3 is 10.5 Å². The summed E-state index contributed by atoms with van der Waals surface area (Å²) in [6.07, 6.45) is 3.16. The lowest BCUT2D eigenvalue weighted by Gasteiger charge is -2.45. The summed E-state index contributed by atoms with van der Waals surface area (Å²) in [5, 5.41) is 0. The number of benzene rings is 1. The Bertz CT molecular complexity index is 419. The van der Waals surface area contributed by atoms with Crippen LogP contribution in [-0.2, 0) is 5.41 Å². The largest absolute Gasteiger partial charge is 0.487 e. The van der Waals surface area contributed by atoms with Crippen molar-refractivity contribution in [1.29, 1.82) is 0 Å². The smallest absolute Gasteiger partial charge is 0.124 e. The van der Waals surface area contributed by atoms with E-state index in [0.29, 0.717) is 0 Å². The number of ether oxygens (including phenoxy) is 1. The SMILES string of the molecule is CCC1(CC)CC(C)(C)c2cc(N)ccc2O1. The summed E-state index contributed by atoms with van der Waals surface area (Å²) in [6.45, 7) is 8.99. The van der Waals surface area contributed by atoms with Crippen molar-refractivity contribution < 1.29 is 4.74 Å². The molecule has 0 bridgehead atoms. The molecular formula is C15H23NO. The van der Waals surface area contributed by atoms with E-state index in [1.165, 1.54) is 5.56 Å². The normalized spacial score (nSPS) is 20.5. The molecule has 0 spiro atoms. The van der Waals surface area contributed by atoms with Gasteiger partial charge in [0.25, 0.3) is 0 Å². The maximum Gasteiger partial charge on any atom is 0.124 e. The highest BCUT2D eigenvalue weighted by Crippen LogP contribution is 2.47. The van der Waals surface area contributed by atoms with Crippen LogP contribution >= 0.6 is 0 Å². The Balaban J connectivity index is 2.50. The molecule has 1 heterocycles. The third kappa shape index (κ3) is 2.01. The standard InChI is InChI=1S/C15H23NO/c1-5-15(6-2)10-14(3,4)12-9-11(16)7-8-13(12)17-15/h7-9H,5-6,10,16H2,1-4H3. The lowest BCUT2D eigenvalue weighted by atomic mass is 9.71. The molecule has 0 atom stereocenters. The van der Waals surface area contributed by atoms with Gasteiger partial charge in [-0.3, -0.25) is 0 Å². The molecule has 0 saturated carbocycles. The van der Waals surface area contributed by atoms with Crippen LogP contribution in [0.2, 0.25) is 0 Å². The first-order valence-electron chi connectivity index (χ1n) is 6.51. The Labute approximate surface area is 104 Å². The number of fused-ring (bicyclic) bond motifs is 1. The molecule has 1 aromatic carbocycles. The molecule has 2 N–H and O–H groups in total. The Hall–Kier alpha value is -1.18. The quantitative estimate of drug-likeness (QED) is 0.787. The second-order valence-electron chi connectivity index (χ2n) is 5.81. The zero-order valence-electron chi connectivity index (χ0n) is 11.3. The first-order chi connectivity index (χ1) is 7.92. The molecule has 17 heavy (non-hydrogen) atoms. The molecule has 2 nitrogen and oxygen atoms in total. The molecule has 2 rings (SSSR count). The van der Waals surface area contributed by atoms with Crippen molar-refractivity contribution >= 4 is 5.69 Å². The van der Waals surface area contributed by atoms with Crippen molar-refractivity contribution in [2.24, 2.45) is 0 Å². The average molecular weight is 233 g/mol. The maximum absolute atomic E-state index is 6.25. The average Bonchev–Trinajstić information content (AvgIpc) is 2.29. The van der Waals surface area contributed by atoms with Gasteiger partial charge in [-0.05, 0) is 42.9 Å². The van der Waals surface area contributed by atoms with Gasteiger partial charge >= 0.3 is 0 Å². The highest BCUT2D eigenvalue weighted by molar-refractivity contribution is 5.52. The van der Waals surface area contributed by atoms with Crippen molar-refractivity contribution in [3.8, 4) is 5.75 Å². The molecule has 0 amide bonds. The van der Waals surface area contributed by atoms with Gasteiger partial charge in [0.2, 0.25) is 0 Å². The molecule has 0 saturated heterocycles. The molecule has 0 radical (unpaired) electrons. The third-order valence-electron chi connectivity index (χ3n) is 4.11. The molecule has 1 aliphatic rings. The Morgan fingerprint density at radius 1 is 1.24 bits per heavy atom. The summed E-state index contributed by atoms with van der Waals surface area (Å²) >= 11 is 0. The minimum Gasteiger partial charge on any atom is -0.487 e. The highest BCUT2D eigenvalue weighted by atomic mass is 16.5. The van der Waals surface area contributed by atoms with Crippen LogP contribution in [-0.4, -0.2) is 5.60 Å². The number of hydrogen-bond donors (Lipinski definition) is 1. The van der Waals surface area contributed by atoms with Crippen molar-refractivity contribution in [2.45, 2.75) is 58.0 Å². The summed E-state index contributed by atoms with van der Waals surface area (Å²) in [5.74, 6) is 1.01. The van der Waals surface area contributed by atoms with Crippen LogP contribution in [0.25, 0.3) is 0 Å². The van der Waals surface area contributed by atoms with Crippen LogP contribution in [0, 0.1) is 0 Å². The monoisotopic (exact) mass is 233 g/mol. The molecule has 0 aromatic heterocycles. The van der Waals surface area contributed by atoms with E-state index in [-0.39, 0.29) is 11.0 Å².